The normalized spacial score (nSPS) is 10.8. The Morgan fingerprint density at radius 1 is 1.28 bits per heavy atom. The smallest absolute Gasteiger partial charge is 0.267 e. The molecule has 6 heteroatoms. The van der Waals surface area contributed by atoms with Crippen molar-refractivity contribution >= 4 is 46.7 Å². The van der Waals surface area contributed by atoms with Crippen LogP contribution < -0.4 is 5.43 Å². The molecule has 0 saturated heterocycles. The minimum absolute atomic E-state index is 0.332. The third-order valence-corrected chi connectivity index (χ3v) is 3.63. The van der Waals surface area contributed by atoms with E-state index in [0.717, 1.165) is 4.88 Å². The van der Waals surface area contributed by atoms with Gasteiger partial charge in [-0.15, -0.1) is 11.3 Å². The maximum absolute atomic E-state index is 11.7. The molecule has 0 fully saturated rings. The summed E-state index contributed by atoms with van der Waals surface area (Å²) in [4.78, 5) is 12.7. The number of hydrogen-bond acceptors (Lipinski definition) is 3. The zero-order valence-electron chi connectivity index (χ0n) is 9.06. The van der Waals surface area contributed by atoms with Crippen molar-refractivity contribution in [1.82, 2.24) is 5.43 Å². The fourth-order valence-corrected chi connectivity index (χ4v) is 2.10. The summed E-state index contributed by atoms with van der Waals surface area (Å²) in [6.07, 6.45) is 1.58. The summed E-state index contributed by atoms with van der Waals surface area (Å²) >= 11 is 13.1. The summed E-state index contributed by atoms with van der Waals surface area (Å²) < 4.78 is 0. The molecule has 1 aromatic carbocycles. The zero-order chi connectivity index (χ0) is 13.0. The van der Waals surface area contributed by atoms with Crippen LogP contribution in [-0.4, -0.2) is 12.1 Å². The molecule has 0 saturated carbocycles. The van der Waals surface area contributed by atoms with Crippen molar-refractivity contribution in [1.29, 1.82) is 0 Å². The summed E-state index contributed by atoms with van der Waals surface area (Å²) in [5.74, 6) is -0.332. The van der Waals surface area contributed by atoms with Crippen LogP contribution in [0.2, 0.25) is 10.0 Å². The van der Waals surface area contributed by atoms with Crippen LogP contribution in [0.4, 0.5) is 0 Å². The van der Waals surface area contributed by atoms with Gasteiger partial charge in [0, 0.05) is 10.4 Å². The van der Waals surface area contributed by atoms with Crippen LogP contribution in [0, 0.1) is 0 Å². The maximum atomic E-state index is 11.7. The summed E-state index contributed by atoms with van der Waals surface area (Å²) in [7, 11) is 0. The molecule has 92 valence electrons. The predicted molar refractivity (Wildman–Crippen MR) is 75.8 cm³/mol. The number of carbonyl (C=O) groups is 1. The van der Waals surface area contributed by atoms with E-state index in [-0.39, 0.29) is 5.91 Å². The first-order valence-electron chi connectivity index (χ1n) is 4.99. The van der Waals surface area contributed by atoms with Gasteiger partial charge < -0.3 is 0 Å². The standard InChI is InChI=1S/C12H8Cl2N2OS/c13-10-4-3-8(6-11(10)14)12(17)16-15-7-9-2-1-5-18-9/h1-7H,(H,16,17)/b15-7+. The SMILES string of the molecule is O=C(N/N=C/c1cccs1)c1ccc(Cl)c(Cl)c1. The molecule has 18 heavy (non-hydrogen) atoms. The highest BCUT2D eigenvalue weighted by molar-refractivity contribution is 7.11. The van der Waals surface area contributed by atoms with Gasteiger partial charge in [0.05, 0.1) is 16.3 Å². The van der Waals surface area contributed by atoms with E-state index in [0.29, 0.717) is 15.6 Å². The van der Waals surface area contributed by atoms with Crippen molar-refractivity contribution in [2.75, 3.05) is 0 Å². The number of nitrogens with one attached hydrogen (secondary N) is 1. The lowest BCUT2D eigenvalue weighted by molar-refractivity contribution is 0.0955. The van der Waals surface area contributed by atoms with Crippen LogP contribution in [0.25, 0.3) is 0 Å². The zero-order valence-corrected chi connectivity index (χ0v) is 11.4. The molecule has 2 rings (SSSR count). The number of benzene rings is 1. The van der Waals surface area contributed by atoms with Crippen LogP contribution in [0.5, 0.6) is 0 Å². The van der Waals surface area contributed by atoms with Crippen LogP contribution >= 0.6 is 34.5 Å². The molecule has 1 amide bonds. The first-order valence-corrected chi connectivity index (χ1v) is 6.62. The molecule has 1 N–H and O–H groups in total. The van der Waals surface area contributed by atoms with Gasteiger partial charge in [-0.1, -0.05) is 29.3 Å². The maximum Gasteiger partial charge on any atom is 0.271 e. The van der Waals surface area contributed by atoms with Gasteiger partial charge in [-0.25, -0.2) is 5.43 Å². The molecule has 1 heterocycles. The Kier molecular flexibility index (Phi) is 4.36. The van der Waals surface area contributed by atoms with Crippen molar-refractivity contribution in [3.05, 3.63) is 56.2 Å². The van der Waals surface area contributed by atoms with Gasteiger partial charge in [0.2, 0.25) is 0 Å². The Morgan fingerprint density at radius 3 is 2.78 bits per heavy atom. The largest absolute Gasteiger partial charge is 0.271 e. The minimum Gasteiger partial charge on any atom is -0.267 e. The number of rotatable bonds is 3. The molecule has 0 bridgehead atoms. The number of amides is 1. The number of thiophene rings is 1. The quantitative estimate of drug-likeness (QED) is 0.679. The molecule has 0 unspecified atom stereocenters. The number of hydrazone groups is 1. The fraction of sp³-hybridized carbons (Fsp3) is 0. The molecular formula is C12H8Cl2N2OS. The molecule has 0 aliphatic heterocycles. The lowest BCUT2D eigenvalue weighted by Crippen LogP contribution is -2.17. The third-order valence-electron chi connectivity index (χ3n) is 2.08. The number of hydrogen-bond donors (Lipinski definition) is 1. The van der Waals surface area contributed by atoms with Crippen molar-refractivity contribution < 1.29 is 4.79 Å². The number of nitrogens with zero attached hydrogens (tertiary/aromatic N) is 1. The van der Waals surface area contributed by atoms with Crippen molar-refractivity contribution in [2.45, 2.75) is 0 Å². The first kappa shape index (κ1) is 13.1. The van der Waals surface area contributed by atoms with Gasteiger partial charge in [-0.3, -0.25) is 4.79 Å². The molecule has 2 aromatic rings. The van der Waals surface area contributed by atoms with Crippen molar-refractivity contribution in [3.8, 4) is 0 Å². The molecule has 0 radical (unpaired) electrons. The van der Waals surface area contributed by atoms with Gasteiger partial charge in [0.25, 0.3) is 5.91 Å². The average molecular weight is 299 g/mol. The van der Waals surface area contributed by atoms with Gasteiger partial charge in [-0.2, -0.15) is 5.10 Å². The highest BCUT2D eigenvalue weighted by Gasteiger charge is 2.06. The highest BCUT2D eigenvalue weighted by Crippen LogP contribution is 2.22. The van der Waals surface area contributed by atoms with E-state index in [2.05, 4.69) is 10.5 Å². The van der Waals surface area contributed by atoms with Crippen LogP contribution in [0.1, 0.15) is 15.2 Å². The van der Waals surface area contributed by atoms with Crippen LogP contribution in [0.15, 0.2) is 40.8 Å². The molecule has 3 nitrogen and oxygen atoms in total. The average Bonchev–Trinajstić information content (AvgIpc) is 2.85. The minimum atomic E-state index is -0.332. The Balaban J connectivity index is 2.01. The summed E-state index contributed by atoms with van der Waals surface area (Å²) in [6.45, 7) is 0. The van der Waals surface area contributed by atoms with Gasteiger partial charge in [-0.05, 0) is 29.6 Å². The second kappa shape index (κ2) is 6.00. The van der Waals surface area contributed by atoms with E-state index < -0.39 is 0 Å². The molecule has 0 aliphatic carbocycles. The Bertz CT molecular complexity index is 582. The van der Waals surface area contributed by atoms with E-state index in [9.17, 15) is 4.79 Å². The molecule has 1 aromatic heterocycles. The fourth-order valence-electron chi connectivity index (χ4n) is 1.22. The second-order valence-electron chi connectivity index (χ2n) is 3.34. The predicted octanol–water partition coefficient (Wildman–Crippen LogP) is 3.82. The Hall–Kier alpha value is -1.36. The molecule has 0 atom stereocenters. The molecule has 0 aliphatic rings. The molecule has 0 spiro atoms. The number of halogens is 2. The van der Waals surface area contributed by atoms with E-state index in [1.54, 1.807) is 18.3 Å². The molecular weight excluding hydrogens is 291 g/mol. The van der Waals surface area contributed by atoms with E-state index in [1.165, 1.54) is 17.4 Å². The number of carbonyl (C=O) groups excluding carboxylic acids is 1. The lowest BCUT2D eigenvalue weighted by atomic mass is 10.2. The Labute approximate surface area is 118 Å². The van der Waals surface area contributed by atoms with Gasteiger partial charge in [0.15, 0.2) is 0 Å². The second-order valence-corrected chi connectivity index (χ2v) is 5.14. The van der Waals surface area contributed by atoms with Crippen molar-refractivity contribution in [2.24, 2.45) is 5.10 Å². The van der Waals surface area contributed by atoms with Crippen LogP contribution in [-0.2, 0) is 0 Å². The van der Waals surface area contributed by atoms with Crippen LogP contribution in [0.3, 0.4) is 0 Å². The summed E-state index contributed by atoms with van der Waals surface area (Å²) in [5, 5.41) is 6.54. The summed E-state index contributed by atoms with van der Waals surface area (Å²) in [6, 6.07) is 8.47. The highest BCUT2D eigenvalue weighted by atomic mass is 35.5. The lowest BCUT2D eigenvalue weighted by Gasteiger charge is -2.01. The third kappa shape index (κ3) is 3.32. The monoisotopic (exact) mass is 298 g/mol. The van der Waals surface area contributed by atoms with E-state index in [4.69, 9.17) is 23.2 Å². The first-order chi connectivity index (χ1) is 8.66. The topological polar surface area (TPSA) is 41.5 Å². The Morgan fingerprint density at radius 2 is 2.11 bits per heavy atom. The van der Waals surface area contributed by atoms with Gasteiger partial charge in [0.1, 0.15) is 0 Å². The summed E-state index contributed by atoms with van der Waals surface area (Å²) in [5.41, 5.74) is 2.83. The van der Waals surface area contributed by atoms with E-state index in [1.807, 2.05) is 17.5 Å². The van der Waals surface area contributed by atoms with Gasteiger partial charge >= 0.3 is 0 Å². The van der Waals surface area contributed by atoms with E-state index >= 15 is 0 Å². The van der Waals surface area contributed by atoms with Crippen molar-refractivity contribution in [3.63, 3.8) is 0 Å².